The summed E-state index contributed by atoms with van der Waals surface area (Å²) in [6.07, 6.45) is 1.34. The third-order valence-electron chi connectivity index (χ3n) is 2.21. The number of likely N-dealkylation sites (N-methyl/N-ethyl adjacent to an activating group) is 2. The van der Waals surface area contributed by atoms with Crippen LogP contribution >= 0.6 is 0 Å². The normalized spacial score (nSPS) is 27.6. The molecule has 0 aromatic carbocycles. The molecule has 0 aromatic rings. The molecule has 0 saturated carbocycles. The molecule has 0 aliphatic carbocycles. The zero-order chi connectivity index (χ0) is 7.40. The van der Waals surface area contributed by atoms with E-state index < -0.39 is 0 Å². The van der Waals surface area contributed by atoms with Gasteiger partial charge in [0.15, 0.2) is 0 Å². The quantitative estimate of drug-likeness (QED) is 0.623. The van der Waals surface area contributed by atoms with E-state index in [0.29, 0.717) is 0 Å². The van der Waals surface area contributed by atoms with Gasteiger partial charge in [-0.1, -0.05) is 13.8 Å². The minimum Gasteiger partial charge on any atom is -0.313 e. The molecule has 0 bridgehead atoms. The molecule has 1 N–H and O–H groups in total. The first-order valence-corrected chi connectivity index (χ1v) is 4.32. The number of rotatable bonds is 3. The minimum absolute atomic E-state index is 0.768. The number of likely N-dealkylation sites (tertiary alicyclic amines) is 1. The standard InChI is InChI=1S/C8H18N2/c1-3-9-8-5-6-10(4-2)7-8/h8-9H,3-7H2,1-2H3/t8-/m1/s1. The Labute approximate surface area is 63.6 Å². The van der Waals surface area contributed by atoms with Crippen molar-refractivity contribution in [3.8, 4) is 0 Å². The molecule has 2 heteroatoms. The van der Waals surface area contributed by atoms with Crippen molar-refractivity contribution < 1.29 is 0 Å². The van der Waals surface area contributed by atoms with Crippen molar-refractivity contribution >= 4 is 0 Å². The Balaban J connectivity index is 2.15. The van der Waals surface area contributed by atoms with E-state index in [4.69, 9.17) is 0 Å². The SMILES string of the molecule is CCN[C@@H]1CCN(CC)C1. The maximum absolute atomic E-state index is 3.47. The monoisotopic (exact) mass is 142 g/mol. The van der Waals surface area contributed by atoms with Crippen LogP contribution in [0, 0.1) is 0 Å². The summed E-state index contributed by atoms with van der Waals surface area (Å²) in [7, 11) is 0. The molecule has 1 rings (SSSR count). The zero-order valence-corrected chi connectivity index (χ0v) is 7.06. The van der Waals surface area contributed by atoms with Gasteiger partial charge in [-0.05, 0) is 26.1 Å². The molecule has 1 saturated heterocycles. The van der Waals surface area contributed by atoms with Crippen LogP contribution in [0.3, 0.4) is 0 Å². The summed E-state index contributed by atoms with van der Waals surface area (Å²) in [5, 5.41) is 3.47. The van der Waals surface area contributed by atoms with Crippen LogP contribution in [0.4, 0.5) is 0 Å². The molecule has 1 aliphatic rings. The highest BCUT2D eigenvalue weighted by atomic mass is 15.2. The van der Waals surface area contributed by atoms with E-state index >= 15 is 0 Å². The Morgan fingerprint density at radius 3 is 2.80 bits per heavy atom. The zero-order valence-electron chi connectivity index (χ0n) is 7.06. The van der Waals surface area contributed by atoms with Gasteiger partial charge in [0.25, 0.3) is 0 Å². The molecule has 0 spiro atoms. The average molecular weight is 142 g/mol. The molecular weight excluding hydrogens is 124 g/mol. The minimum atomic E-state index is 0.768. The number of nitrogens with one attached hydrogen (secondary N) is 1. The van der Waals surface area contributed by atoms with E-state index in [1.165, 1.54) is 26.1 Å². The number of nitrogens with zero attached hydrogens (tertiary/aromatic N) is 1. The summed E-state index contributed by atoms with van der Waals surface area (Å²) >= 11 is 0. The average Bonchev–Trinajstić information content (AvgIpc) is 2.37. The van der Waals surface area contributed by atoms with Crippen molar-refractivity contribution in [2.75, 3.05) is 26.2 Å². The summed E-state index contributed by atoms with van der Waals surface area (Å²) in [6.45, 7) is 9.27. The molecular formula is C8H18N2. The van der Waals surface area contributed by atoms with Crippen LogP contribution in [0.1, 0.15) is 20.3 Å². The summed E-state index contributed by atoms with van der Waals surface area (Å²) in [5.41, 5.74) is 0. The van der Waals surface area contributed by atoms with E-state index in [0.717, 1.165) is 12.6 Å². The maximum Gasteiger partial charge on any atom is 0.0207 e. The van der Waals surface area contributed by atoms with Crippen molar-refractivity contribution in [2.24, 2.45) is 0 Å². The second kappa shape index (κ2) is 3.94. The van der Waals surface area contributed by atoms with Crippen molar-refractivity contribution in [1.29, 1.82) is 0 Å². The first-order chi connectivity index (χ1) is 4.86. The maximum atomic E-state index is 3.47. The topological polar surface area (TPSA) is 15.3 Å². The summed E-state index contributed by atoms with van der Waals surface area (Å²) in [6, 6.07) is 0.768. The van der Waals surface area contributed by atoms with Crippen LogP contribution in [0.5, 0.6) is 0 Å². The van der Waals surface area contributed by atoms with Gasteiger partial charge in [-0.15, -0.1) is 0 Å². The molecule has 1 atom stereocenters. The first kappa shape index (κ1) is 8.02. The summed E-state index contributed by atoms with van der Waals surface area (Å²) in [4.78, 5) is 2.49. The second-order valence-electron chi connectivity index (χ2n) is 2.94. The molecule has 1 fully saturated rings. The van der Waals surface area contributed by atoms with Crippen LogP contribution in [0.2, 0.25) is 0 Å². The molecule has 0 aromatic heterocycles. The van der Waals surface area contributed by atoms with Gasteiger partial charge in [0.2, 0.25) is 0 Å². The lowest BCUT2D eigenvalue weighted by Gasteiger charge is -2.12. The molecule has 0 amide bonds. The Kier molecular flexibility index (Phi) is 3.16. The summed E-state index contributed by atoms with van der Waals surface area (Å²) < 4.78 is 0. The van der Waals surface area contributed by atoms with Gasteiger partial charge in [-0.25, -0.2) is 0 Å². The van der Waals surface area contributed by atoms with Crippen LogP contribution < -0.4 is 5.32 Å². The molecule has 60 valence electrons. The molecule has 0 radical (unpaired) electrons. The fourth-order valence-corrected chi connectivity index (χ4v) is 1.58. The predicted octanol–water partition coefficient (Wildman–Crippen LogP) is 0.690. The van der Waals surface area contributed by atoms with E-state index in [1.807, 2.05) is 0 Å². The molecule has 10 heavy (non-hydrogen) atoms. The van der Waals surface area contributed by atoms with Gasteiger partial charge >= 0.3 is 0 Å². The Bertz CT molecular complexity index is 93.3. The molecule has 2 nitrogen and oxygen atoms in total. The molecule has 1 aliphatic heterocycles. The van der Waals surface area contributed by atoms with Gasteiger partial charge in [0.1, 0.15) is 0 Å². The lowest BCUT2D eigenvalue weighted by molar-refractivity contribution is 0.346. The fraction of sp³-hybridized carbons (Fsp3) is 1.00. The van der Waals surface area contributed by atoms with Gasteiger partial charge in [-0.2, -0.15) is 0 Å². The van der Waals surface area contributed by atoms with Crippen molar-refractivity contribution in [1.82, 2.24) is 10.2 Å². The lowest BCUT2D eigenvalue weighted by atomic mass is 10.3. The largest absolute Gasteiger partial charge is 0.313 e. The number of hydrogen-bond donors (Lipinski definition) is 1. The van der Waals surface area contributed by atoms with Gasteiger partial charge < -0.3 is 10.2 Å². The second-order valence-corrected chi connectivity index (χ2v) is 2.94. The lowest BCUT2D eigenvalue weighted by Crippen LogP contribution is -2.32. The number of hydrogen-bond acceptors (Lipinski definition) is 2. The van der Waals surface area contributed by atoms with E-state index in [2.05, 4.69) is 24.1 Å². The highest BCUT2D eigenvalue weighted by Crippen LogP contribution is 2.07. The highest BCUT2D eigenvalue weighted by molar-refractivity contribution is 4.79. The van der Waals surface area contributed by atoms with Gasteiger partial charge in [0.05, 0.1) is 0 Å². The smallest absolute Gasteiger partial charge is 0.0207 e. The van der Waals surface area contributed by atoms with Crippen LogP contribution in [-0.2, 0) is 0 Å². The van der Waals surface area contributed by atoms with E-state index in [9.17, 15) is 0 Å². The van der Waals surface area contributed by atoms with E-state index in [1.54, 1.807) is 0 Å². The Morgan fingerprint density at radius 2 is 2.30 bits per heavy atom. The van der Waals surface area contributed by atoms with Crippen molar-refractivity contribution in [3.05, 3.63) is 0 Å². The van der Waals surface area contributed by atoms with Crippen molar-refractivity contribution in [3.63, 3.8) is 0 Å². The molecule has 0 unspecified atom stereocenters. The van der Waals surface area contributed by atoms with Crippen molar-refractivity contribution in [2.45, 2.75) is 26.3 Å². The molecule has 1 heterocycles. The summed E-state index contributed by atoms with van der Waals surface area (Å²) in [5.74, 6) is 0. The van der Waals surface area contributed by atoms with Gasteiger partial charge in [-0.3, -0.25) is 0 Å². The van der Waals surface area contributed by atoms with Crippen LogP contribution in [-0.4, -0.2) is 37.1 Å². The Hall–Kier alpha value is -0.0800. The first-order valence-electron chi connectivity index (χ1n) is 4.32. The third-order valence-corrected chi connectivity index (χ3v) is 2.21. The van der Waals surface area contributed by atoms with Gasteiger partial charge in [0, 0.05) is 12.6 Å². The predicted molar refractivity (Wildman–Crippen MR) is 44.2 cm³/mol. The van der Waals surface area contributed by atoms with E-state index in [-0.39, 0.29) is 0 Å². The fourth-order valence-electron chi connectivity index (χ4n) is 1.58. The Morgan fingerprint density at radius 1 is 1.50 bits per heavy atom. The van der Waals surface area contributed by atoms with Crippen LogP contribution in [0.15, 0.2) is 0 Å². The third kappa shape index (κ3) is 1.96. The highest BCUT2D eigenvalue weighted by Gasteiger charge is 2.19. The van der Waals surface area contributed by atoms with Crippen LogP contribution in [0.25, 0.3) is 0 Å².